The highest BCUT2D eigenvalue weighted by Gasteiger charge is 2.21. The van der Waals surface area contributed by atoms with Crippen molar-refractivity contribution < 1.29 is 0 Å². The fraction of sp³-hybridized carbons (Fsp3) is 0. The summed E-state index contributed by atoms with van der Waals surface area (Å²) in [6.45, 7) is 0. The molecule has 4 aromatic heterocycles. The van der Waals surface area contributed by atoms with Crippen LogP contribution in [0.25, 0.3) is 132 Å². The summed E-state index contributed by atoms with van der Waals surface area (Å²) in [7, 11) is 0. The molecule has 0 radical (unpaired) electrons. The lowest BCUT2D eigenvalue weighted by molar-refractivity contribution is 1.34. The van der Waals surface area contributed by atoms with Crippen LogP contribution >= 0.6 is 0 Å². The molecule has 13 aromatic rings. The SMILES string of the molecule is c1ccc2cc3nc(-c4cc(-c5ccc6cc7ccccc7cc6n5)c(-c5ccc6cc7ccccc7cc6n5)cc4-c4ccc5cc6ccccc6cc5n4)ccc3cc2c1. The van der Waals surface area contributed by atoms with E-state index >= 15 is 0 Å². The smallest absolute Gasteiger partial charge is 0.0716 e. The van der Waals surface area contributed by atoms with E-state index in [9.17, 15) is 0 Å². The Bertz CT molecular complexity index is 3480. The third kappa shape index (κ3) is 5.76. The van der Waals surface area contributed by atoms with E-state index in [0.717, 1.165) is 110 Å². The molecule has 0 saturated heterocycles. The van der Waals surface area contributed by atoms with E-state index in [0.29, 0.717) is 0 Å². The molecular formula is C58H34N4. The van der Waals surface area contributed by atoms with Gasteiger partial charge in [-0.1, -0.05) is 121 Å². The molecule has 0 bridgehead atoms. The van der Waals surface area contributed by atoms with Crippen molar-refractivity contribution in [1.82, 2.24) is 19.9 Å². The molecular weight excluding hydrogens is 753 g/mol. The maximum atomic E-state index is 5.41. The molecule has 4 heteroatoms. The first kappa shape index (κ1) is 34.5. The molecule has 0 saturated carbocycles. The summed E-state index contributed by atoms with van der Waals surface area (Å²) in [5.74, 6) is 0. The second-order valence-corrected chi connectivity index (χ2v) is 16.3. The number of aromatic nitrogens is 4. The first-order valence-corrected chi connectivity index (χ1v) is 21.0. The first-order chi connectivity index (χ1) is 30.6. The maximum absolute atomic E-state index is 5.41. The van der Waals surface area contributed by atoms with E-state index in [2.05, 4.69) is 206 Å². The van der Waals surface area contributed by atoms with Gasteiger partial charge in [-0.2, -0.15) is 0 Å². The van der Waals surface area contributed by atoms with Gasteiger partial charge in [0.25, 0.3) is 0 Å². The minimum atomic E-state index is 0.862. The lowest BCUT2D eigenvalue weighted by Crippen LogP contribution is -1.98. The summed E-state index contributed by atoms with van der Waals surface area (Å²) in [4.78, 5) is 21.6. The van der Waals surface area contributed by atoms with Gasteiger partial charge in [0.1, 0.15) is 0 Å². The molecule has 0 amide bonds. The Hall–Kier alpha value is -8.34. The van der Waals surface area contributed by atoms with Crippen LogP contribution in [-0.2, 0) is 0 Å². The summed E-state index contributed by atoms with van der Waals surface area (Å²) in [6.07, 6.45) is 0. The molecule has 0 fully saturated rings. The zero-order chi connectivity index (χ0) is 40.7. The number of fused-ring (bicyclic) bond motifs is 8. The number of nitrogens with zero attached hydrogens (tertiary/aromatic N) is 4. The first-order valence-electron chi connectivity index (χ1n) is 21.0. The minimum absolute atomic E-state index is 0.862. The van der Waals surface area contributed by atoms with Crippen molar-refractivity contribution in [1.29, 1.82) is 0 Å². The van der Waals surface area contributed by atoms with Crippen molar-refractivity contribution in [2.24, 2.45) is 0 Å². The van der Waals surface area contributed by atoms with Crippen molar-refractivity contribution in [3.63, 3.8) is 0 Å². The molecule has 4 nitrogen and oxygen atoms in total. The monoisotopic (exact) mass is 786 g/mol. The van der Waals surface area contributed by atoms with Gasteiger partial charge in [-0.15, -0.1) is 0 Å². The van der Waals surface area contributed by atoms with E-state index in [1.807, 2.05) is 0 Å². The van der Waals surface area contributed by atoms with Gasteiger partial charge < -0.3 is 0 Å². The zero-order valence-corrected chi connectivity index (χ0v) is 33.4. The second kappa shape index (κ2) is 13.6. The summed E-state index contributed by atoms with van der Waals surface area (Å²) >= 11 is 0. The van der Waals surface area contributed by atoms with Crippen LogP contribution in [0.4, 0.5) is 0 Å². The Morgan fingerprint density at radius 1 is 0.177 bits per heavy atom. The summed E-state index contributed by atoms with van der Waals surface area (Å²) in [5, 5.41) is 13.8. The van der Waals surface area contributed by atoms with Crippen LogP contribution in [0.1, 0.15) is 0 Å². The lowest BCUT2D eigenvalue weighted by Gasteiger charge is -2.18. The molecule has 4 heterocycles. The molecule has 0 N–H and O–H groups in total. The van der Waals surface area contributed by atoms with Crippen molar-refractivity contribution in [3.8, 4) is 45.0 Å². The van der Waals surface area contributed by atoms with Crippen LogP contribution in [0.15, 0.2) is 206 Å². The standard InChI is InChI=1S/C58H34N4/c1-5-13-39-29-55-43(25-35(39)9-1)17-21-51(59-55)47-33-49(53-23-19-45-27-37-11-3-7-15-41(37)31-57(45)61-53)50(54-24-20-46-28-38-12-4-8-16-42(38)32-58(46)62-54)34-48(47)52-22-18-44-26-36-10-2-6-14-40(36)30-56(44)60-52/h1-34H. The molecule has 0 aliphatic heterocycles. The molecule has 62 heavy (non-hydrogen) atoms. The fourth-order valence-corrected chi connectivity index (χ4v) is 9.30. The fourth-order valence-electron chi connectivity index (χ4n) is 9.30. The van der Waals surface area contributed by atoms with Gasteiger partial charge in [-0.3, -0.25) is 0 Å². The van der Waals surface area contributed by atoms with Gasteiger partial charge in [0.15, 0.2) is 0 Å². The Kier molecular flexibility index (Phi) is 7.57. The summed E-state index contributed by atoms with van der Waals surface area (Å²) in [6, 6.07) is 73.5. The van der Waals surface area contributed by atoms with Crippen LogP contribution in [0.2, 0.25) is 0 Å². The topological polar surface area (TPSA) is 51.6 Å². The quantitative estimate of drug-likeness (QED) is 0.167. The van der Waals surface area contributed by atoms with Crippen molar-refractivity contribution >= 4 is 86.7 Å². The van der Waals surface area contributed by atoms with E-state index in [-0.39, 0.29) is 0 Å². The van der Waals surface area contributed by atoms with Gasteiger partial charge in [0, 0.05) is 43.8 Å². The summed E-state index contributed by atoms with van der Waals surface area (Å²) < 4.78 is 0. The Balaban J connectivity index is 1.10. The van der Waals surface area contributed by atoms with Crippen LogP contribution in [0.3, 0.4) is 0 Å². The molecule has 13 rings (SSSR count). The second-order valence-electron chi connectivity index (χ2n) is 16.3. The van der Waals surface area contributed by atoms with E-state index in [1.54, 1.807) is 0 Å². The largest absolute Gasteiger partial charge is 0.248 e. The molecule has 0 unspecified atom stereocenters. The molecule has 0 aliphatic rings. The Labute approximate surface area is 356 Å². The third-order valence-corrected chi connectivity index (χ3v) is 12.5. The van der Waals surface area contributed by atoms with Gasteiger partial charge in [-0.25, -0.2) is 19.9 Å². The number of benzene rings is 9. The lowest BCUT2D eigenvalue weighted by atomic mass is 9.90. The molecule has 0 spiro atoms. The van der Waals surface area contributed by atoms with Crippen LogP contribution in [0, 0.1) is 0 Å². The highest BCUT2D eigenvalue weighted by Crippen LogP contribution is 2.42. The van der Waals surface area contributed by atoms with Gasteiger partial charge in [-0.05, 0) is 128 Å². The van der Waals surface area contributed by atoms with Gasteiger partial charge in [0.2, 0.25) is 0 Å². The maximum Gasteiger partial charge on any atom is 0.0716 e. The molecule has 0 atom stereocenters. The van der Waals surface area contributed by atoms with E-state index in [1.165, 1.54) is 21.5 Å². The van der Waals surface area contributed by atoms with Crippen LogP contribution in [0.5, 0.6) is 0 Å². The highest BCUT2D eigenvalue weighted by atomic mass is 14.7. The minimum Gasteiger partial charge on any atom is -0.248 e. The molecule has 0 aliphatic carbocycles. The van der Waals surface area contributed by atoms with Crippen LogP contribution < -0.4 is 0 Å². The Morgan fingerprint density at radius 2 is 0.387 bits per heavy atom. The van der Waals surface area contributed by atoms with Crippen molar-refractivity contribution in [3.05, 3.63) is 206 Å². The van der Waals surface area contributed by atoms with E-state index in [4.69, 9.17) is 19.9 Å². The normalized spacial score (nSPS) is 11.9. The molecule has 9 aromatic carbocycles. The zero-order valence-electron chi connectivity index (χ0n) is 33.4. The van der Waals surface area contributed by atoms with E-state index < -0.39 is 0 Å². The van der Waals surface area contributed by atoms with Gasteiger partial charge in [0.05, 0.1) is 44.8 Å². The highest BCUT2D eigenvalue weighted by molar-refractivity contribution is 6.03. The van der Waals surface area contributed by atoms with Crippen LogP contribution in [-0.4, -0.2) is 19.9 Å². The number of rotatable bonds is 4. The predicted octanol–water partition coefficient (Wildman–Crippen LogP) is 15.2. The van der Waals surface area contributed by atoms with Crippen molar-refractivity contribution in [2.45, 2.75) is 0 Å². The summed E-state index contributed by atoms with van der Waals surface area (Å²) in [5.41, 5.74) is 11.1. The number of pyridine rings is 4. The van der Waals surface area contributed by atoms with Gasteiger partial charge >= 0.3 is 0 Å². The Morgan fingerprint density at radius 3 is 0.613 bits per heavy atom. The predicted molar refractivity (Wildman–Crippen MR) is 259 cm³/mol. The molecule has 286 valence electrons. The number of hydrogen-bond donors (Lipinski definition) is 0. The number of hydrogen-bond acceptors (Lipinski definition) is 4. The third-order valence-electron chi connectivity index (χ3n) is 12.5. The van der Waals surface area contributed by atoms with Crippen molar-refractivity contribution in [2.75, 3.05) is 0 Å². The average molecular weight is 787 g/mol. The average Bonchev–Trinajstić information content (AvgIpc) is 3.32.